The number of nitrogens with one attached hydrogen (secondary N) is 1. The van der Waals surface area contributed by atoms with Gasteiger partial charge in [-0.2, -0.15) is 0 Å². The zero-order valence-electron chi connectivity index (χ0n) is 12.0. The lowest BCUT2D eigenvalue weighted by molar-refractivity contribution is 0.237. The second-order valence-corrected chi connectivity index (χ2v) is 5.81. The zero-order chi connectivity index (χ0) is 16.8. The fraction of sp³-hybridized carbons (Fsp3) is 0.125. The molecule has 2 aromatic carbocycles. The lowest BCUT2D eigenvalue weighted by Gasteiger charge is -2.12. The fourth-order valence-electron chi connectivity index (χ4n) is 2.71. The maximum Gasteiger partial charge on any atom is 0.439 e. The molecule has 3 aromatic rings. The maximum atomic E-state index is 13.9. The molecule has 8 heteroatoms. The van der Waals surface area contributed by atoms with Crippen LogP contribution >= 0.6 is 11.6 Å². The smallest absolute Gasteiger partial charge is 0.439 e. The summed E-state index contributed by atoms with van der Waals surface area (Å²) in [5.74, 6) is -1.33. The van der Waals surface area contributed by atoms with Gasteiger partial charge in [0.05, 0.1) is 5.02 Å². The molecule has 2 heterocycles. The van der Waals surface area contributed by atoms with Crippen LogP contribution in [-0.2, 0) is 6.42 Å². The summed E-state index contributed by atoms with van der Waals surface area (Å²) >= 11 is 5.78. The van der Waals surface area contributed by atoms with Gasteiger partial charge in [-0.25, -0.2) is 13.6 Å². The molecule has 0 spiro atoms. The number of halogens is 3. The molecule has 0 fully saturated rings. The van der Waals surface area contributed by atoms with Gasteiger partial charge in [0.2, 0.25) is 0 Å². The number of fused-ring (bicyclic) bond motifs is 1. The number of benzene rings is 2. The van der Waals surface area contributed by atoms with Crippen molar-refractivity contribution < 1.29 is 18.0 Å². The summed E-state index contributed by atoms with van der Waals surface area (Å²) in [5, 5.41) is 3.55. The average Bonchev–Trinajstić information content (AvgIpc) is 3.13. The van der Waals surface area contributed by atoms with Crippen molar-refractivity contribution in [2.75, 3.05) is 0 Å². The van der Waals surface area contributed by atoms with Gasteiger partial charge in [0.1, 0.15) is 23.5 Å². The minimum atomic E-state index is -0.731. The quantitative estimate of drug-likeness (QED) is 0.766. The van der Waals surface area contributed by atoms with Crippen LogP contribution in [-0.4, -0.2) is 10.1 Å². The molecule has 1 aliphatic rings. The third-order valence-electron chi connectivity index (χ3n) is 3.78. The van der Waals surface area contributed by atoms with Crippen molar-refractivity contribution in [2.45, 2.75) is 12.5 Å². The second kappa shape index (κ2) is 5.45. The van der Waals surface area contributed by atoms with Crippen LogP contribution in [0, 0.1) is 11.6 Å². The molecule has 0 bridgehead atoms. The predicted molar refractivity (Wildman–Crippen MR) is 81.0 cm³/mol. The first-order chi connectivity index (χ1) is 11.5. The molecule has 122 valence electrons. The van der Waals surface area contributed by atoms with Crippen molar-refractivity contribution >= 4 is 11.6 Å². The largest absolute Gasteiger partial charge is 0.485 e. The van der Waals surface area contributed by atoms with Crippen LogP contribution in [0.2, 0.25) is 5.02 Å². The summed E-state index contributed by atoms with van der Waals surface area (Å²) in [6.45, 7) is 0. The Bertz CT molecular complexity index is 968. The van der Waals surface area contributed by atoms with E-state index in [2.05, 4.69) is 14.7 Å². The molecule has 0 saturated carbocycles. The van der Waals surface area contributed by atoms with Gasteiger partial charge in [0.15, 0.2) is 5.82 Å². The molecule has 1 aromatic heterocycles. The zero-order valence-corrected chi connectivity index (χ0v) is 12.7. The standard InChI is InChI=1S/C16H9ClF2N2O3/c17-11-4-8-5-13(23-14(8)6-12(11)19)7-1-9(3-10(18)2-7)15-20-16(22)24-21-15/h1-4,6,13H,5H2,(H,20,21,22). The van der Waals surface area contributed by atoms with E-state index < -0.39 is 23.5 Å². The van der Waals surface area contributed by atoms with E-state index in [9.17, 15) is 13.6 Å². The highest BCUT2D eigenvalue weighted by atomic mass is 35.5. The lowest BCUT2D eigenvalue weighted by Crippen LogP contribution is -2.04. The normalized spacial score (nSPS) is 16.0. The molecular formula is C16H9ClF2N2O3. The van der Waals surface area contributed by atoms with Gasteiger partial charge < -0.3 is 4.74 Å². The van der Waals surface area contributed by atoms with E-state index in [0.29, 0.717) is 23.3 Å². The van der Waals surface area contributed by atoms with Crippen molar-refractivity contribution in [1.29, 1.82) is 0 Å². The summed E-state index contributed by atoms with van der Waals surface area (Å²) in [4.78, 5) is 13.4. The Morgan fingerprint density at radius 3 is 2.79 bits per heavy atom. The van der Waals surface area contributed by atoms with Crippen molar-refractivity contribution in [3.63, 3.8) is 0 Å². The molecule has 1 aliphatic heterocycles. The van der Waals surface area contributed by atoms with Gasteiger partial charge in [-0.05, 0) is 35.4 Å². The minimum Gasteiger partial charge on any atom is -0.485 e. The molecule has 4 rings (SSSR count). The van der Waals surface area contributed by atoms with E-state index in [1.165, 1.54) is 24.3 Å². The highest BCUT2D eigenvalue weighted by Crippen LogP contribution is 2.39. The fourth-order valence-corrected chi connectivity index (χ4v) is 2.90. The Morgan fingerprint density at radius 2 is 2.04 bits per heavy atom. The molecule has 0 amide bonds. The van der Waals surface area contributed by atoms with Gasteiger partial charge in [0, 0.05) is 18.1 Å². The van der Waals surface area contributed by atoms with Crippen LogP contribution in [0.5, 0.6) is 5.75 Å². The molecule has 0 radical (unpaired) electrons. The van der Waals surface area contributed by atoms with E-state index in [-0.39, 0.29) is 10.8 Å². The summed E-state index contributed by atoms with van der Waals surface area (Å²) in [6, 6.07) is 6.88. The first kappa shape index (κ1) is 14.9. The van der Waals surface area contributed by atoms with E-state index >= 15 is 0 Å². The average molecular weight is 351 g/mol. The first-order valence-electron chi connectivity index (χ1n) is 7.01. The SMILES string of the molecule is O=c1[nH]c(-c2cc(F)cc(C3Cc4cc(Cl)c(F)cc4O3)c2)no1. The topological polar surface area (TPSA) is 68.1 Å². The molecule has 1 atom stereocenters. The van der Waals surface area contributed by atoms with E-state index in [4.69, 9.17) is 16.3 Å². The number of nitrogens with zero attached hydrogens (tertiary/aromatic N) is 1. The number of H-pyrrole nitrogens is 1. The van der Waals surface area contributed by atoms with Gasteiger partial charge in [-0.3, -0.25) is 9.51 Å². The Hall–Kier alpha value is -2.67. The van der Waals surface area contributed by atoms with E-state index in [1.54, 1.807) is 6.07 Å². The van der Waals surface area contributed by atoms with Crippen molar-refractivity contribution in [3.8, 4) is 17.1 Å². The van der Waals surface area contributed by atoms with Crippen LogP contribution in [0.4, 0.5) is 8.78 Å². The van der Waals surface area contributed by atoms with Crippen LogP contribution in [0.1, 0.15) is 17.2 Å². The molecule has 0 saturated heterocycles. The molecule has 1 unspecified atom stereocenters. The lowest BCUT2D eigenvalue weighted by atomic mass is 10.0. The van der Waals surface area contributed by atoms with Gasteiger partial charge in [-0.1, -0.05) is 16.8 Å². The van der Waals surface area contributed by atoms with Crippen LogP contribution in [0.25, 0.3) is 11.4 Å². The minimum absolute atomic E-state index is 0.0121. The number of hydrogen-bond acceptors (Lipinski definition) is 4. The Labute approximate surface area is 138 Å². The Kier molecular flexibility index (Phi) is 3.38. The number of ether oxygens (including phenoxy) is 1. The predicted octanol–water partition coefficient (Wildman–Crippen LogP) is 3.64. The molecule has 24 heavy (non-hydrogen) atoms. The number of aromatic nitrogens is 2. The van der Waals surface area contributed by atoms with E-state index in [1.807, 2.05) is 0 Å². The molecule has 0 aliphatic carbocycles. The molecule has 1 N–H and O–H groups in total. The van der Waals surface area contributed by atoms with E-state index in [0.717, 1.165) is 5.56 Å². The number of rotatable bonds is 2. The molecular weight excluding hydrogens is 342 g/mol. The Balaban J connectivity index is 1.71. The van der Waals surface area contributed by atoms with Gasteiger partial charge in [0.25, 0.3) is 0 Å². The summed E-state index contributed by atoms with van der Waals surface area (Å²) < 4.78 is 37.6. The number of aromatic amines is 1. The molecule has 5 nitrogen and oxygen atoms in total. The van der Waals surface area contributed by atoms with Crippen molar-refractivity contribution in [3.05, 3.63) is 68.7 Å². The summed E-state index contributed by atoms with van der Waals surface area (Å²) in [7, 11) is 0. The number of hydrogen-bond donors (Lipinski definition) is 1. The highest BCUT2D eigenvalue weighted by molar-refractivity contribution is 6.30. The van der Waals surface area contributed by atoms with Crippen molar-refractivity contribution in [1.82, 2.24) is 10.1 Å². The van der Waals surface area contributed by atoms with Gasteiger partial charge in [-0.15, -0.1) is 0 Å². The highest BCUT2D eigenvalue weighted by Gasteiger charge is 2.27. The van der Waals surface area contributed by atoms with Crippen LogP contribution in [0.3, 0.4) is 0 Å². The van der Waals surface area contributed by atoms with Crippen molar-refractivity contribution in [2.24, 2.45) is 0 Å². The third kappa shape index (κ3) is 2.56. The van der Waals surface area contributed by atoms with Crippen LogP contribution < -0.4 is 10.5 Å². The summed E-state index contributed by atoms with van der Waals surface area (Å²) in [5.41, 5.74) is 1.62. The maximum absolute atomic E-state index is 13.9. The Morgan fingerprint density at radius 1 is 1.21 bits per heavy atom. The monoisotopic (exact) mass is 350 g/mol. The first-order valence-corrected chi connectivity index (χ1v) is 7.39. The second-order valence-electron chi connectivity index (χ2n) is 5.40. The van der Waals surface area contributed by atoms with Crippen LogP contribution in [0.15, 0.2) is 39.6 Å². The third-order valence-corrected chi connectivity index (χ3v) is 4.07. The van der Waals surface area contributed by atoms with Gasteiger partial charge >= 0.3 is 5.76 Å². The summed E-state index contributed by atoms with van der Waals surface area (Å²) in [6.07, 6.45) is -0.0703.